The highest BCUT2D eigenvalue weighted by atomic mass is 35.5. The number of halogens is 1. The Morgan fingerprint density at radius 3 is 2.30 bits per heavy atom. The van der Waals surface area contributed by atoms with Crippen LogP contribution in [0, 0.1) is 6.92 Å². The van der Waals surface area contributed by atoms with Gasteiger partial charge in [0.05, 0.1) is 32.6 Å². The zero-order chi connectivity index (χ0) is 23.8. The molecule has 0 unspecified atom stereocenters. The van der Waals surface area contributed by atoms with Gasteiger partial charge in [-0.3, -0.25) is 4.79 Å². The lowest BCUT2D eigenvalue weighted by atomic mass is 10.1. The van der Waals surface area contributed by atoms with Crippen LogP contribution in [0.2, 0.25) is 5.02 Å². The molecule has 7 nitrogen and oxygen atoms in total. The molecule has 3 aromatic carbocycles. The molecule has 0 aliphatic heterocycles. The molecule has 0 aliphatic rings. The summed E-state index contributed by atoms with van der Waals surface area (Å²) in [7, 11) is 4.56. The van der Waals surface area contributed by atoms with E-state index < -0.39 is 5.91 Å². The number of nitrogens with one attached hydrogen (secondary N) is 1. The number of benzene rings is 3. The molecule has 0 saturated heterocycles. The highest BCUT2D eigenvalue weighted by molar-refractivity contribution is 6.32. The van der Waals surface area contributed by atoms with E-state index in [9.17, 15) is 4.79 Å². The summed E-state index contributed by atoms with van der Waals surface area (Å²) < 4.78 is 21.7. The van der Waals surface area contributed by atoms with Crippen molar-refractivity contribution < 1.29 is 23.7 Å². The van der Waals surface area contributed by atoms with Gasteiger partial charge in [0.25, 0.3) is 5.91 Å². The van der Waals surface area contributed by atoms with Crippen molar-refractivity contribution in [3.05, 3.63) is 81.9 Å². The van der Waals surface area contributed by atoms with E-state index in [0.29, 0.717) is 45.8 Å². The third-order valence-corrected chi connectivity index (χ3v) is 5.06. The van der Waals surface area contributed by atoms with E-state index in [4.69, 9.17) is 30.5 Å². The Bertz CT molecular complexity index is 1150. The molecule has 1 N–H and O–H groups in total. The smallest absolute Gasteiger partial charge is 0.271 e. The summed E-state index contributed by atoms with van der Waals surface area (Å²) >= 11 is 6.42. The Balaban J connectivity index is 1.68. The number of aryl methyl sites for hydroxylation is 1. The number of hydrazone groups is 1. The number of carbonyl (C=O) groups excluding carboxylic acids is 1. The topological polar surface area (TPSA) is 78.4 Å². The van der Waals surface area contributed by atoms with E-state index in [1.54, 1.807) is 30.3 Å². The standard InChI is InChI=1S/C25H25ClN2O5/c1-16-5-7-17(8-6-16)15-33-24-20(26)11-18(12-23(24)32-4)14-27-28-25(29)19-9-10-21(30-2)22(13-19)31-3/h5-14H,15H2,1-4H3,(H,28,29)/b27-14+. The van der Waals surface area contributed by atoms with E-state index in [2.05, 4.69) is 10.5 Å². The van der Waals surface area contributed by atoms with Crippen molar-refractivity contribution in [1.82, 2.24) is 5.43 Å². The van der Waals surface area contributed by atoms with Crippen molar-refractivity contribution in [3.63, 3.8) is 0 Å². The minimum Gasteiger partial charge on any atom is -0.493 e. The minimum absolute atomic E-state index is 0.352. The summed E-state index contributed by atoms with van der Waals surface area (Å²) in [6.07, 6.45) is 1.47. The molecule has 0 aromatic heterocycles. The van der Waals surface area contributed by atoms with E-state index in [-0.39, 0.29) is 0 Å². The quantitative estimate of drug-likeness (QED) is 0.352. The first-order valence-corrected chi connectivity index (χ1v) is 10.4. The van der Waals surface area contributed by atoms with Gasteiger partial charge in [-0.1, -0.05) is 41.4 Å². The summed E-state index contributed by atoms with van der Waals surface area (Å²) in [5, 5.41) is 4.38. The van der Waals surface area contributed by atoms with Crippen molar-refractivity contribution in [2.45, 2.75) is 13.5 Å². The second-order valence-corrected chi connectivity index (χ2v) is 7.48. The molecule has 33 heavy (non-hydrogen) atoms. The first kappa shape index (κ1) is 23.9. The monoisotopic (exact) mass is 468 g/mol. The van der Waals surface area contributed by atoms with Crippen LogP contribution in [0.5, 0.6) is 23.0 Å². The lowest BCUT2D eigenvalue weighted by Crippen LogP contribution is -2.17. The van der Waals surface area contributed by atoms with Crippen LogP contribution >= 0.6 is 11.6 Å². The normalized spacial score (nSPS) is 10.7. The third-order valence-electron chi connectivity index (χ3n) is 4.78. The van der Waals surface area contributed by atoms with Crippen molar-refractivity contribution in [3.8, 4) is 23.0 Å². The van der Waals surface area contributed by atoms with Gasteiger partial charge in [0.15, 0.2) is 23.0 Å². The number of hydrogen-bond acceptors (Lipinski definition) is 6. The SMILES string of the molecule is COc1ccc(C(=O)N/N=C/c2cc(Cl)c(OCc3ccc(C)cc3)c(OC)c2)cc1OC. The molecule has 1 amide bonds. The minimum atomic E-state index is -0.400. The maximum Gasteiger partial charge on any atom is 0.271 e. The van der Waals surface area contributed by atoms with Crippen molar-refractivity contribution >= 4 is 23.7 Å². The molecule has 0 saturated carbocycles. The van der Waals surface area contributed by atoms with E-state index in [0.717, 1.165) is 5.56 Å². The molecular weight excluding hydrogens is 444 g/mol. The van der Waals surface area contributed by atoms with Gasteiger partial charge in [0.1, 0.15) is 6.61 Å². The number of carbonyl (C=O) groups is 1. The van der Waals surface area contributed by atoms with Crippen molar-refractivity contribution in [2.24, 2.45) is 5.10 Å². The van der Waals surface area contributed by atoms with Gasteiger partial charge in [-0.05, 0) is 48.4 Å². The summed E-state index contributed by atoms with van der Waals surface area (Å²) in [5.41, 5.74) is 5.68. The van der Waals surface area contributed by atoms with Crippen LogP contribution in [0.25, 0.3) is 0 Å². The zero-order valence-electron chi connectivity index (χ0n) is 18.8. The fourth-order valence-corrected chi connectivity index (χ4v) is 3.28. The predicted molar refractivity (Wildman–Crippen MR) is 128 cm³/mol. The van der Waals surface area contributed by atoms with Crippen LogP contribution in [0.15, 0.2) is 59.7 Å². The fraction of sp³-hybridized carbons (Fsp3) is 0.200. The molecule has 0 atom stereocenters. The molecule has 0 aliphatic carbocycles. The molecule has 0 bridgehead atoms. The molecule has 0 heterocycles. The van der Waals surface area contributed by atoms with Crippen molar-refractivity contribution in [2.75, 3.05) is 21.3 Å². The number of amides is 1. The van der Waals surface area contributed by atoms with Gasteiger partial charge in [-0.2, -0.15) is 5.10 Å². The van der Waals surface area contributed by atoms with Crippen LogP contribution in [0.4, 0.5) is 0 Å². The number of methoxy groups -OCH3 is 3. The van der Waals surface area contributed by atoms with Gasteiger partial charge < -0.3 is 18.9 Å². The molecule has 172 valence electrons. The molecular formula is C25H25ClN2O5. The largest absolute Gasteiger partial charge is 0.493 e. The van der Waals surface area contributed by atoms with E-state index >= 15 is 0 Å². The zero-order valence-corrected chi connectivity index (χ0v) is 19.6. The Hall–Kier alpha value is -3.71. The van der Waals surface area contributed by atoms with Crippen LogP contribution in [0.1, 0.15) is 27.0 Å². The summed E-state index contributed by atoms with van der Waals surface area (Å²) in [6.45, 7) is 2.38. The van der Waals surface area contributed by atoms with Crippen LogP contribution in [0.3, 0.4) is 0 Å². The summed E-state index contributed by atoms with van der Waals surface area (Å²) in [4.78, 5) is 12.4. The average Bonchev–Trinajstić information content (AvgIpc) is 2.83. The average molecular weight is 469 g/mol. The molecule has 0 fully saturated rings. The Labute approximate surface area is 197 Å². The highest BCUT2D eigenvalue weighted by Gasteiger charge is 2.13. The van der Waals surface area contributed by atoms with Gasteiger partial charge in [-0.25, -0.2) is 5.43 Å². The second kappa shape index (κ2) is 11.2. The molecule has 3 rings (SSSR count). The summed E-state index contributed by atoms with van der Waals surface area (Å²) in [5.74, 6) is 1.48. The Morgan fingerprint density at radius 2 is 1.64 bits per heavy atom. The lowest BCUT2D eigenvalue weighted by Gasteiger charge is -2.13. The first-order valence-electron chi connectivity index (χ1n) is 10.1. The van der Waals surface area contributed by atoms with E-state index in [1.807, 2.05) is 31.2 Å². The first-order chi connectivity index (χ1) is 15.9. The van der Waals surface area contributed by atoms with Crippen LogP contribution in [-0.2, 0) is 6.61 Å². The number of rotatable bonds is 9. The molecule has 8 heteroatoms. The van der Waals surface area contributed by atoms with Gasteiger partial charge in [-0.15, -0.1) is 0 Å². The van der Waals surface area contributed by atoms with Gasteiger partial charge >= 0.3 is 0 Å². The number of ether oxygens (including phenoxy) is 4. The maximum atomic E-state index is 12.4. The van der Waals surface area contributed by atoms with E-state index in [1.165, 1.54) is 33.1 Å². The molecule has 0 spiro atoms. The number of hydrogen-bond donors (Lipinski definition) is 1. The van der Waals surface area contributed by atoms with Crippen LogP contribution in [-0.4, -0.2) is 33.5 Å². The second-order valence-electron chi connectivity index (χ2n) is 7.08. The Kier molecular flexibility index (Phi) is 8.16. The Morgan fingerprint density at radius 1 is 0.939 bits per heavy atom. The third kappa shape index (κ3) is 6.17. The van der Waals surface area contributed by atoms with Gasteiger partial charge in [0.2, 0.25) is 0 Å². The lowest BCUT2D eigenvalue weighted by molar-refractivity contribution is 0.0954. The number of nitrogens with zero attached hydrogens (tertiary/aromatic N) is 1. The van der Waals surface area contributed by atoms with Crippen molar-refractivity contribution in [1.29, 1.82) is 0 Å². The summed E-state index contributed by atoms with van der Waals surface area (Å²) in [6, 6.07) is 16.3. The van der Waals surface area contributed by atoms with Gasteiger partial charge in [0, 0.05) is 5.56 Å². The predicted octanol–water partition coefficient (Wildman–Crippen LogP) is 5.02. The highest BCUT2D eigenvalue weighted by Crippen LogP contribution is 2.36. The van der Waals surface area contributed by atoms with Crippen LogP contribution < -0.4 is 24.4 Å². The molecule has 3 aromatic rings. The fourth-order valence-electron chi connectivity index (χ4n) is 3.00. The molecule has 0 radical (unpaired) electrons. The maximum absolute atomic E-state index is 12.4.